The van der Waals surface area contributed by atoms with E-state index in [4.69, 9.17) is 9.88 Å². The van der Waals surface area contributed by atoms with Crippen LogP contribution in [0.15, 0.2) is 23.1 Å². The SMILES string of the molecule is CN(C)C(=O)c1ccc(OC2CC2)cc1S(N)(=O)=O. The van der Waals surface area contributed by atoms with Crippen LogP contribution < -0.4 is 9.88 Å². The van der Waals surface area contributed by atoms with Crippen LogP contribution in [0.2, 0.25) is 0 Å². The molecule has 104 valence electrons. The molecule has 0 bridgehead atoms. The molecule has 1 fully saturated rings. The number of primary sulfonamides is 1. The summed E-state index contributed by atoms with van der Waals surface area (Å²) < 4.78 is 28.7. The molecule has 7 heteroatoms. The van der Waals surface area contributed by atoms with Gasteiger partial charge in [-0.1, -0.05) is 0 Å². The smallest absolute Gasteiger partial charge is 0.254 e. The Kier molecular flexibility index (Phi) is 3.51. The molecule has 2 rings (SSSR count). The van der Waals surface area contributed by atoms with Gasteiger partial charge in [0.05, 0.1) is 16.6 Å². The Bertz CT molecular complexity index is 606. The first-order valence-electron chi connectivity index (χ1n) is 5.84. The molecule has 19 heavy (non-hydrogen) atoms. The van der Waals surface area contributed by atoms with Crippen LogP contribution in [0, 0.1) is 0 Å². The number of ether oxygens (including phenoxy) is 1. The highest BCUT2D eigenvalue weighted by Gasteiger charge is 2.26. The van der Waals surface area contributed by atoms with E-state index in [9.17, 15) is 13.2 Å². The average Bonchev–Trinajstić information content (AvgIpc) is 3.10. The summed E-state index contributed by atoms with van der Waals surface area (Å²) in [4.78, 5) is 13.0. The normalized spacial score (nSPS) is 15.1. The van der Waals surface area contributed by atoms with E-state index in [0.717, 1.165) is 12.8 Å². The number of rotatable bonds is 4. The maximum absolute atomic E-state index is 11.9. The van der Waals surface area contributed by atoms with E-state index < -0.39 is 15.9 Å². The molecule has 1 aromatic rings. The molecule has 0 aliphatic heterocycles. The highest BCUT2D eigenvalue weighted by molar-refractivity contribution is 7.89. The molecule has 0 aromatic heterocycles. The second-order valence-electron chi connectivity index (χ2n) is 4.72. The van der Waals surface area contributed by atoms with Crippen molar-refractivity contribution in [2.75, 3.05) is 14.1 Å². The third-order valence-corrected chi connectivity index (χ3v) is 3.67. The molecule has 6 nitrogen and oxygen atoms in total. The van der Waals surface area contributed by atoms with Gasteiger partial charge in [0.15, 0.2) is 0 Å². The Labute approximate surface area is 112 Å². The Balaban J connectivity index is 2.45. The van der Waals surface area contributed by atoms with E-state index in [2.05, 4.69) is 0 Å². The lowest BCUT2D eigenvalue weighted by Crippen LogP contribution is -2.25. The zero-order valence-corrected chi connectivity index (χ0v) is 11.6. The molecule has 1 saturated carbocycles. The summed E-state index contributed by atoms with van der Waals surface area (Å²) in [6.07, 6.45) is 2.07. The first-order valence-corrected chi connectivity index (χ1v) is 7.39. The molecule has 1 amide bonds. The van der Waals surface area contributed by atoms with Crippen LogP contribution in [0.3, 0.4) is 0 Å². The molecule has 1 aliphatic carbocycles. The van der Waals surface area contributed by atoms with E-state index >= 15 is 0 Å². The van der Waals surface area contributed by atoms with Crippen LogP contribution in [0.4, 0.5) is 0 Å². The highest BCUT2D eigenvalue weighted by atomic mass is 32.2. The maximum atomic E-state index is 11.9. The first kappa shape index (κ1) is 13.8. The summed E-state index contributed by atoms with van der Waals surface area (Å²) in [5.74, 6) is 0.00354. The molecule has 1 aliphatic rings. The lowest BCUT2D eigenvalue weighted by Gasteiger charge is -2.14. The fraction of sp³-hybridized carbons (Fsp3) is 0.417. The fourth-order valence-corrected chi connectivity index (χ4v) is 2.35. The van der Waals surface area contributed by atoms with Crippen molar-refractivity contribution >= 4 is 15.9 Å². The lowest BCUT2D eigenvalue weighted by atomic mass is 10.2. The Morgan fingerprint density at radius 2 is 2.00 bits per heavy atom. The highest BCUT2D eigenvalue weighted by Crippen LogP contribution is 2.29. The van der Waals surface area contributed by atoms with E-state index in [-0.39, 0.29) is 16.6 Å². The van der Waals surface area contributed by atoms with Gasteiger partial charge in [0.25, 0.3) is 5.91 Å². The van der Waals surface area contributed by atoms with Gasteiger partial charge in [0.1, 0.15) is 5.75 Å². The van der Waals surface area contributed by atoms with Gasteiger partial charge in [-0.25, -0.2) is 13.6 Å². The minimum atomic E-state index is -3.98. The standard InChI is InChI=1S/C12H16N2O4S/c1-14(2)12(15)10-6-5-9(18-8-3-4-8)7-11(10)19(13,16)17/h5-8H,3-4H2,1-2H3,(H2,13,16,17). The van der Waals surface area contributed by atoms with Crippen LogP contribution in [0.1, 0.15) is 23.2 Å². The fourth-order valence-electron chi connectivity index (χ4n) is 1.61. The van der Waals surface area contributed by atoms with Crippen molar-refractivity contribution in [3.8, 4) is 5.75 Å². The third-order valence-electron chi connectivity index (χ3n) is 2.72. The second kappa shape index (κ2) is 4.82. The number of hydrogen-bond acceptors (Lipinski definition) is 4. The van der Waals surface area contributed by atoms with Gasteiger partial charge in [-0.15, -0.1) is 0 Å². The van der Waals surface area contributed by atoms with Crippen molar-refractivity contribution in [3.63, 3.8) is 0 Å². The van der Waals surface area contributed by atoms with Crippen molar-refractivity contribution in [1.82, 2.24) is 4.90 Å². The number of amides is 1. The number of nitrogens with zero attached hydrogens (tertiary/aromatic N) is 1. The lowest BCUT2D eigenvalue weighted by molar-refractivity contribution is 0.0824. The zero-order chi connectivity index (χ0) is 14.2. The number of hydrogen-bond donors (Lipinski definition) is 1. The number of carbonyl (C=O) groups is 1. The molecule has 0 atom stereocenters. The van der Waals surface area contributed by atoms with E-state index in [1.54, 1.807) is 20.2 Å². The van der Waals surface area contributed by atoms with Crippen molar-refractivity contribution in [2.45, 2.75) is 23.8 Å². The molecule has 2 N–H and O–H groups in total. The van der Waals surface area contributed by atoms with Gasteiger partial charge in [-0.3, -0.25) is 4.79 Å². The predicted molar refractivity (Wildman–Crippen MR) is 69.5 cm³/mol. The van der Waals surface area contributed by atoms with Crippen molar-refractivity contribution in [2.24, 2.45) is 5.14 Å². The molecule has 0 saturated heterocycles. The van der Waals surface area contributed by atoms with Gasteiger partial charge in [-0.2, -0.15) is 0 Å². The largest absolute Gasteiger partial charge is 0.490 e. The Morgan fingerprint density at radius 1 is 1.37 bits per heavy atom. The van der Waals surface area contributed by atoms with Gasteiger partial charge in [-0.05, 0) is 25.0 Å². The molecule has 0 heterocycles. The minimum absolute atomic E-state index is 0.0515. The predicted octanol–water partition coefficient (Wildman–Crippen LogP) is 0.577. The van der Waals surface area contributed by atoms with Gasteiger partial charge < -0.3 is 9.64 Å². The van der Waals surface area contributed by atoms with Crippen LogP contribution >= 0.6 is 0 Å². The van der Waals surface area contributed by atoms with Crippen molar-refractivity contribution < 1.29 is 17.9 Å². The summed E-state index contributed by atoms with van der Waals surface area (Å²) in [6.45, 7) is 0. The Morgan fingerprint density at radius 3 is 2.47 bits per heavy atom. The van der Waals surface area contributed by atoms with E-state index in [0.29, 0.717) is 5.75 Å². The van der Waals surface area contributed by atoms with E-state index in [1.165, 1.54) is 17.0 Å². The summed E-state index contributed by atoms with van der Waals surface area (Å²) in [6, 6.07) is 4.33. The number of benzene rings is 1. The quantitative estimate of drug-likeness (QED) is 0.875. The van der Waals surface area contributed by atoms with Crippen LogP contribution in [0.25, 0.3) is 0 Å². The number of sulfonamides is 1. The van der Waals surface area contributed by atoms with Gasteiger partial charge in [0.2, 0.25) is 10.0 Å². The minimum Gasteiger partial charge on any atom is -0.490 e. The molecule has 0 unspecified atom stereocenters. The third kappa shape index (κ3) is 3.24. The zero-order valence-electron chi connectivity index (χ0n) is 10.8. The van der Waals surface area contributed by atoms with Gasteiger partial charge in [0, 0.05) is 20.2 Å². The average molecular weight is 284 g/mol. The topological polar surface area (TPSA) is 89.7 Å². The monoisotopic (exact) mass is 284 g/mol. The maximum Gasteiger partial charge on any atom is 0.254 e. The van der Waals surface area contributed by atoms with Crippen molar-refractivity contribution in [1.29, 1.82) is 0 Å². The van der Waals surface area contributed by atoms with E-state index in [1.807, 2.05) is 0 Å². The first-order chi connectivity index (χ1) is 8.79. The van der Waals surface area contributed by atoms with Gasteiger partial charge >= 0.3 is 0 Å². The molecule has 1 aromatic carbocycles. The number of carbonyl (C=O) groups excluding carboxylic acids is 1. The molecule has 0 radical (unpaired) electrons. The van der Waals surface area contributed by atoms with Crippen molar-refractivity contribution in [3.05, 3.63) is 23.8 Å². The molecular formula is C12H16N2O4S. The Hall–Kier alpha value is -1.60. The summed E-state index contributed by atoms with van der Waals surface area (Å²) in [7, 11) is -0.886. The molecule has 0 spiro atoms. The molecular weight excluding hydrogens is 268 g/mol. The summed E-state index contributed by atoms with van der Waals surface area (Å²) >= 11 is 0. The summed E-state index contributed by atoms with van der Waals surface area (Å²) in [5.41, 5.74) is 0.0515. The second-order valence-corrected chi connectivity index (χ2v) is 6.25. The van der Waals surface area contributed by atoms with Crippen LogP contribution in [0.5, 0.6) is 5.75 Å². The van der Waals surface area contributed by atoms with Crippen LogP contribution in [-0.4, -0.2) is 39.4 Å². The number of nitrogens with two attached hydrogens (primary N) is 1. The van der Waals surface area contributed by atoms with Crippen LogP contribution in [-0.2, 0) is 10.0 Å². The summed E-state index contributed by atoms with van der Waals surface area (Å²) in [5, 5.41) is 5.16.